The molecule has 0 radical (unpaired) electrons. The first-order valence-corrected chi connectivity index (χ1v) is 11.5. The first-order chi connectivity index (χ1) is 15.3. The molecule has 0 saturated heterocycles. The van der Waals surface area contributed by atoms with E-state index in [9.17, 15) is 18.0 Å². The molecule has 3 rings (SSSR count). The fourth-order valence-electron chi connectivity index (χ4n) is 3.02. The number of carbonyl (C=O) groups excluding carboxylic acids is 2. The Kier molecular flexibility index (Phi) is 7.27. The van der Waals surface area contributed by atoms with Gasteiger partial charge in [0.05, 0.1) is 22.8 Å². The third-order valence-electron chi connectivity index (χ3n) is 4.60. The van der Waals surface area contributed by atoms with Gasteiger partial charge in [-0.2, -0.15) is 0 Å². The summed E-state index contributed by atoms with van der Waals surface area (Å²) in [5, 5.41) is 2.66. The number of ether oxygens (including phenoxy) is 1. The molecule has 0 atom stereocenters. The minimum Gasteiger partial charge on any atom is -0.462 e. The number of amides is 1. The molecule has 0 saturated carbocycles. The number of anilines is 2. The van der Waals surface area contributed by atoms with Crippen LogP contribution in [0.5, 0.6) is 0 Å². The molecule has 7 nitrogen and oxygen atoms in total. The topological polar surface area (TPSA) is 92.8 Å². The summed E-state index contributed by atoms with van der Waals surface area (Å²) in [4.78, 5) is 24.8. The number of aryl methyl sites for hydroxylation is 1. The molecule has 0 fully saturated rings. The smallest absolute Gasteiger partial charge is 0.338 e. The van der Waals surface area contributed by atoms with Gasteiger partial charge in [0.2, 0.25) is 5.91 Å². The number of sulfonamides is 1. The Morgan fingerprint density at radius 1 is 0.938 bits per heavy atom. The lowest BCUT2D eigenvalue weighted by Crippen LogP contribution is -2.38. The summed E-state index contributed by atoms with van der Waals surface area (Å²) in [5.74, 6) is -1.05. The average Bonchev–Trinajstić information content (AvgIpc) is 2.79. The molecule has 0 spiro atoms. The zero-order chi connectivity index (χ0) is 23.1. The summed E-state index contributed by atoms with van der Waals surface area (Å²) in [6.07, 6.45) is 0. The SMILES string of the molecule is CCOC(=O)c1cccc(NC(=O)CN(c2ccc(C)cc2)S(=O)(=O)c2ccccc2)c1. The van der Waals surface area contributed by atoms with Gasteiger partial charge in [0.25, 0.3) is 10.0 Å². The van der Waals surface area contributed by atoms with Crippen molar-refractivity contribution < 1.29 is 22.7 Å². The van der Waals surface area contributed by atoms with Crippen molar-refractivity contribution in [2.75, 3.05) is 22.8 Å². The quantitative estimate of drug-likeness (QED) is 0.522. The van der Waals surface area contributed by atoms with Crippen molar-refractivity contribution in [1.82, 2.24) is 0 Å². The molecule has 3 aromatic rings. The highest BCUT2D eigenvalue weighted by Crippen LogP contribution is 2.24. The van der Waals surface area contributed by atoms with Crippen LogP contribution >= 0.6 is 0 Å². The molecule has 166 valence electrons. The van der Waals surface area contributed by atoms with Gasteiger partial charge in [-0.1, -0.05) is 42.0 Å². The van der Waals surface area contributed by atoms with Crippen LogP contribution in [0.15, 0.2) is 83.8 Å². The molecule has 0 aliphatic carbocycles. The number of nitrogens with zero attached hydrogens (tertiary/aromatic N) is 1. The molecule has 3 aromatic carbocycles. The molecule has 0 unspecified atom stereocenters. The van der Waals surface area contributed by atoms with Crippen LogP contribution in [0.1, 0.15) is 22.8 Å². The zero-order valence-corrected chi connectivity index (χ0v) is 18.6. The molecule has 0 aliphatic heterocycles. The van der Waals surface area contributed by atoms with Crippen molar-refractivity contribution >= 4 is 33.3 Å². The maximum absolute atomic E-state index is 13.3. The third-order valence-corrected chi connectivity index (χ3v) is 6.39. The Hall–Kier alpha value is -3.65. The Labute approximate surface area is 187 Å². The maximum Gasteiger partial charge on any atom is 0.338 e. The van der Waals surface area contributed by atoms with Crippen molar-refractivity contribution in [3.05, 3.63) is 90.0 Å². The number of carbonyl (C=O) groups is 2. The fraction of sp³-hybridized carbons (Fsp3) is 0.167. The molecule has 0 bridgehead atoms. The Balaban J connectivity index is 1.87. The molecule has 1 N–H and O–H groups in total. The summed E-state index contributed by atoms with van der Waals surface area (Å²) in [6.45, 7) is 3.39. The number of rotatable bonds is 8. The molecular formula is C24H24N2O5S. The van der Waals surface area contributed by atoms with Gasteiger partial charge < -0.3 is 10.1 Å². The van der Waals surface area contributed by atoms with Crippen molar-refractivity contribution in [2.24, 2.45) is 0 Å². The predicted octanol–water partition coefficient (Wildman–Crippen LogP) is 4.01. The van der Waals surface area contributed by atoms with E-state index in [1.54, 1.807) is 67.6 Å². The van der Waals surface area contributed by atoms with Gasteiger partial charge in [0, 0.05) is 5.69 Å². The third kappa shape index (κ3) is 5.53. The van der Waals surface area contributed by atoms with Crippen LogP contribution < -0.4 is 9.62 Å². The molecule has 0 aliphatic rings. The maximum atomic E-state index is 13.3. The van der Waals surface area contributed by atoms with E-state index in [-0.39, 0.29) is 17.1 Å². The van der Waals surface area contributed by atoms with Gasteiger partial charge in [0.15, 0.2) is 0 Å². The van der Waals surface area contributed by atoms with E-state index < -0.39 is 28.4 Å². The van der Waals surface area contributed by atoms with Crippen LogP contribution in [0, 0.1) is 6.92 Å². The van der Waals surface area contributed by atoms with E-state index in [1.165, 1.54) is 18.2 Å². The monoisotopic (exact) mass is 452 g/mol. The van der Waals surface area contributed by atoms with Gasteiger partial charge in [-0.25, -0.2) is 13.2 Å². The Morgan fingerprint density at radius 3 is 2.28 bits per heavy atom. The largest absolute Gasteiger partial charge is 0.462 e. The predicted molar refractivity (Wildman–Crippen MR) is 123 cm³/mol. The molecule has 8 heteroatoms. The highest BCUT2D eigenvalue weighted by Gasteiger charge is 2.27. The minimum absolute atomic E-state index is 0.0812. The molecule has 0 aromatic heterocycles. The van der Waals surface area contributed by atoms with E-state index in [0.717, 1.165) is 9.87 Å². The second kappa shape index (κ2) is 10.1. The van der Waals surface area contributed by atoms with E-state index >= 15 is 0 Å². The second-order valence-electron chi connectivity index (χ2n) is 7.01. The minimum atomic E-state index is -3.98. The summed E-state index contributed by atoms with van der Waals surface area (Å²) in [7, 11) is -3.98. The van der Waals surface area contributed by atoms with Crippen LogP contribution in [-0.4, -0.2) is 33.4 Å². The van der Waals surface area contributed by atoms with Gasteiger partial charge in [-0.15, -0.1) is 0 Å². The Bertz CT molecular complexity index is 1190. The van der Waals surface area contributed by atoms with Crippen molar-refractivity contribution in [3.8, 4) is 0 Å². The fourth-order valence-corrected chi connectivity index (χ4v) is 4.46. The van der Waals surface area contributed by atoms with Gasteiger partial charge in [-0.05, 0) is 56.3 Å². The summed E-state index contributed by atoms with van der Waals surface area (Å²) >= 11 is 0. The van der Waals surface area contributed by atoms with Gasteiger partial charge in [-0.3, -0.25) is 9.10 Å². The zero-order valence-electron chi connectivity index (χ0n) is 17.8. The van der Waals surface area contributed by atoms with E-state index in [2.05, 4.69) is 5.32 Å². The highest BCUT2D eigenvalue weighted by atomic mass is 32.2. The van der Waals surface area contributed by atoms with E-state index in [4.69, 9.17) is 4.74 Å². The number of benzene rings is 3. The number of hydrogen-bond acceptors (Lipinski definition) is 5. The molecule has 32 heavy (non-hydrogen) atoms. The van der Waals surface area contributed by atoms with Crippen LogP contribution in [0.25, 0.3) is 0 Å². The lowest BCUT2D eigenvalue weighted by atomic mass is 10.2. The second-order valence-corrected chi connectivity index (χ2v) is 8.87. The average molecular weight is 453 g/mol. The molecule has 0 heterocycles. The van der Waals surface area contributed by atoms with Crippen LogP contribution in [0.2, 0.25) is 0 Å². The number of nitrogens with one attached hydrogen (secondary N) is 1. The van der Waals surface area contributed by atoms with Crippen molar-refractivity contribution in [2.45, 2.75) is 18.7 Å². The van der Waals surface area contributed by atoms with Gasteiger partial charge in [0.1, 0.15) is 6.54 Å². The van der Waals surface area contributed by atoms with Crippen LogP contribution in [-0.2, 0) is 19.6 Å². The van der Waals surface area contributed by atoms with E-state index in [0.29, 0.717) is 11.4 Å². The summed E-state index contributed by atoms with van der Waals surface area (Å²) in [6, 6.07) is 21.1. The van der Waals surface area contributed by atoms with Crippen LogP contribution in [0.4, 0.5) is 11.4 Å². The van der Waals surface area contributed by atoms with E-state index in [1.807, 2.05) is 6.92 Å². The lowest BCUT2D eigenvalue weighted by molar-refractivity contribution is -0.114. The first kappa shape index (κ1) is 23.0. The van der Waals surface area contributed by atoms with Crippen molar-refractivity contribution in [3.63, 3.8) is 0 Å². The molecule has 1 amide bonds. The summed E-state index contributed by atoms with van der Waals surface area (Å²) < 4.78 is 32.6. The number of esters is 1. The first-order valence-electron chi connectivity index (χ1n) is 10.0. The normalized spacial score (nSPS) is 10.9. The van der Waals surface area contributed by atoms with Crippen molar-refractivity contribution in [1.29, 1.82) is 0 Å². The number of hydrogen-bond donors (Lipinski definition) is 1. The highest BCUT2D eigenvalue weighted by molar-refractivity contribution is 7.92. The van der Waals surface area contributed by atoms with Crippen LogP contribution in [0.3, 0.4) is 0 Å². The summed E-state index contributed by atoms with van der Waals surface area (Å²) in [5.41, 5.74) is 1.99. The molecular weight excluding hydrogens is 428 g/mol. The Morgan fingerprint density at radius 2 is 1.62 bits per heavy atom. The lowest BCUT2D eigenvalue weighted by Gasteiger charge is -2.24. The standard InChI is InChI=1S/C24H24N2O5S/c1-3-31-24(28)19-8-7-9-20(16-19)25-23(27)17-26(21-14-12-18(2)13-15-21)32(29,30)22-10-5-4-6-11-22/h4-16H,3,17H2,1-2H3,(H,25,27). The van der Waals surface area contributed by atoms with Gasteiger partial charge >= 0.3 is 5.97 Å².